The molecule has 2 heteroatoms. The van der Waals surface area contributed by atoms with Gasteiger partial charge in [0.1, 0.15) is 0 Å². The molecule has 1 saturated carbocycles. The first-order chi connectivity index (χ1) is 7.31. The minimum absolute atomic E-state index is 0.731. The molecule has 0 heterocycles. The first-order valence-electron chi connectivity index (χ1n) is 5.71. The van der Waals surface area contributed by atoms with E-state index in [1.165, 1.54) is 24.8 Å². The lowest BCUT2D eigenvalue weighted by Crippen LogP contribution is -2.13. The Hall–Kier alpha value is -0.530. The molecule has 2 rings (SSSR count). The van der Waals surface area contributed by atoms with Gasteiger partial charge in [0, 0.05) is 5.02 Å². The quantitative estimate of drug-likeness (QED) is 0.807. The van der Waals surface area contributed by atoms with Crippen molar-refractivity contribution in [1.82, 2.24) is 5.32 Å². The Morgan fingerprint density at radius 1 is 1.33 bits per heavy atom. The molecule has 1 fully saturated rings. The van der Waals surface area contributed by atoms with Crippen LogP contribution in [0.15, 0.2) is 24.3 Å². The number of halogens is 1. The Morgan fingerprint density at radius 3 is 2.53 bits per heavy atom. The molecule has 0 aromatic heterocycles. The standard InChI is InChI=1S/C13H18ClN/c1-15-9-8-13(10-2-3-10)11-4-6-12(14)7-5-11/h4-7,10,13,15H,2-3,8-9H2,1H3. The molecule has 1 aliphatic carbocycles. The van der Waals surface area contributed by atoms with E-state index < -0.39 is 0 Å². The van der Waals surface area contributed by atoms with Crippen LogP contribution in [-0.2, 0) is 0 Å². The molecule has 0 radical (unpaired) electrons. The van der Waals surface area contributed by atoms with E-state index >= 15 is 0 Å². The number of hydrogen-bond acceptors (Lipinski definition) is 1. The topological polar surface area (TPSA) is 12.0 Å². The molecule has 1 N–H and O–H groups in total. The average molecular weight is 224 g/mol. The highest BCUT2D eigenvalue weighted by atomic mass is 35.5. The normalized spacial score (nSPS) is 17.7. The van der Waals surface area contributed by atoms with E-state index in [1.54, 1.807) is 0 Å². The molecule has 1 nitrogen and oxygen atoms in total. The van der Waals surface area contributed by atoms with Gasteiger partial charge in [-0.15, -0.1) is 0 Å². The monoisotopic (exact) mass is 223 g/mol. The maximum absolute atomic E-state index is 5.90. The van der Waals surface area contributed by atoms with Crippen LogP contribution in [0.2, 0.25) is 5.02 Å². The van der Waals surface area contributed by atoms with Crippen molar-refractivity contribution in [1.29, 1.82) is 0 Å². The van der Waals surface area contributed by atoms with Gasteiger partial charge in [-0.05, 0) is 62.4 Å². The Bertz CT molecular complexity index is 303. The van der Waals surface area contributed by atoms with Crippen LogP contribution in [0.25, 0.3) is 0 Å². The van der Waals surface area contributed by atoms with Gasteiger partial charge < -0.3 is 5.32 Å². The van der Waals surface area contributed by atoms with Gasteiger partial charge in [-0.3, -0.25) is 0 Å². The van der Waals surface area contributed by atoms with Gasteiger partial charge in [0.05, 0.1) is 0 Å². The summed E-state index contributed by atoms with van der Waals surface area (Å²) in [5.74, 6) is 1.65. The highest BCUT2D eigenvalue weighted by Gasteiger charge is 2.31. The van der Waals surface area contributed by atoms with Gasteiger partial charge in [0.15, 0.2) is 0 Å². The largest absolute Gasteiger partial charge is 0.320 e. The summed E-state index contributed by atoms with van der Waals surface area (Å²) >= 11 is 5.90. The zero-order valence-electron chi connectivity index (χ0n) is 9.17. The summed E-state index contributed by atoms with van der Waals surface area (Å²) in [4.78, 5) is 0. The summed E-state index contributed by atoms with van der Waals surface area (Å²) < 4.78 is 0. The fourth-order valence-electron chi connectivity index (χ4n) is 2.18. The lowest BCUT2D eigenvalue weighted by molar-refractivity contribution is 0.541. The van der Waals surface area contributed by atoms with Crippen molar-refractivity contribution in [3.63, 3.8) is 0 Å². The Morgan fingerprint density at radius 2 is 2.00 bits per heavy atom. The van der Waals surface area contributed by atoms with E-state index in [4.69, 9.17) is 11.6 Å². The Balaban J connectivity index is 2.06. The highest BCUT2D eigenvalue weighted by Crippen LogP contribution is 2.44. The molecule has 1 aromatic rings. The molecule has 1 unspecified atom stereocenters. The molecule has 0 amide bonds. The minimum atomic E-state index is 0.731. The molecular formula is C13H18ClN. The Labute approximate surface area is 96.8 Å². The van der Waals surface area contributed by atoms with Gasteiger partial charge in [0.2, 0.25) is 0 Å². The van der Waals surface area contributed by atoms with Crippen molar-refractivity contribution in [3.05, 3.63) is 34.9 Å². The van der Waals surface area contributed by atoms with E-state index in [1.807, 2.05) is 19.2 Å². The maximum Gasteiger partial charge on any atom is 0.0406 e. The first kappa shape index (κ1) is 11.0. The van der Waals surface area contributed by atoms with Crippen molar-refractivity contribution < 1.29 is 0 Å². The second-order valence-electron chi connectivity index (χ2n) is 4.39. The van der Waals surface area contributed by atoms with Gasteiger partial charge >= 0.3 is 0 Å². The lowest BCUT2D eigenvalue weighted by Gasteiger charge is -2.16. The second-order valence-corrected chi connectivity index (χ2v) is 4.82. The number of nitrogens with one attached hydrogen (secondary N) is 1. The van der Waals surface area contributed by atoms with Crippen LogP contribution in [0.3, 0.4) is 0 Å². The number of benzene rings is 1. The van der Waals surface area contributed by atoms with Gasteiger partial charge in [-0.25, -0.2) is 0 Å². The van der Waals surface area contributed by atoms with Crippen LogP contribution in [0.5, 0.6) is 0 Å². The van der Waals surface area contributed by atoms with Crippen molar-refractivity contribution in [2.75, 3.05) is 13.6 Å². The van der Waals surface area contributed by atoms with E-state index in [9.17, 15) is 0 Å². The molecule has 1 atom stereocenters. The van der Waals surface area contributed by atoms with Gasteiger partial charge in [-0.2, -0.15) is 0 Å². The van der Waals surface area contributed by atoms with Gasteiger partial charge in [-0.1, -0.05) is 23.7 Å². The SMILES string of the molecule is CNCCC(c1ccc(Cl)cc1)C1CC1. The summed E-state index contributed by atoms with van der Waals surface area (Å²) in [6.45, 7) is 1.10. The molecule has 1 aromatic carbocycles. The summed E-state index contributed by atoms with van der Waals surface area (Å²) in [5, 5.41) is 4.07. The lowest BCUT2D eigenvalue weighted by atomic mass is 9.91. The van der Waals surface area contributed by atoms with E-state index in [0.29, 0.717) is 0 Å². The van der Waals surface area contributed by atoms with E-state index in [0.717, 1.165) is 23.4 Å². The predicted molar refractivity (Wildman–Crippen MR) is 65.5 cm³/mol. The maximum atomic E-state index is 5.90. The average Bonchev–Trinajstić information content (AvgIpc) is 3.05. The number of hydrogen-bond donors (Lipinski definition) is 1. The predicted octanol–water partition coefficient (Wildman–Crippen LogP) is 3.44. The summed E-state index contributed by atoms with van der Waals surface area (Å²) in [5.41, 5.74) is 1.46. The van der Waals surface area contributed by atoms with Crippen LogP contribution >= 0.6 is 11.6 Å². The van der Waals surface area contributed by atoms with E-state index in [-0.39, 0.29) is 0 Å². The fraction of sp³-hybridized carbons (Fsp3) is 0.538. The molecule has 0 bridgehead atoms. The smallest absolute Gasteiger partial charge is 0.0406 e. The number of rotatable bonds is 5. The third kappa shape index (κ3) is 2.96. The fourth-order valence-corrected chi connectivity index (χ4v) is 2.31. The van der Waals surface area contributed by atoms with Crippen molar-refractivity contribution in [2.24, 2.45) is 5.92 Å². The van der Waals surface area contributed by atoms with Crippen LogP contribution in [-0.4, -0.2) is 13.6 Å². The highest BCUT2D eigenvalue weighted by molar-refractivity contribution is 6.30. The molecular weight excluding hydrogens is 206 g/mol. The van der Waals surface area contributed by atoms with Crippen LogP contribution in [0.4, 0.5) is 0 Å². The van der Waals surface area contributed by atoms with Crippen molar-refractivity contribution in [2.45, 2.75) is 25.2 Å². The summed E-state index contributed by atoms with van der Waals surface area (Å²) in [6, 6.07) is 8.37. The van der Waals surface area contributed by atoms with Crippen molar-refractivity contribution >= 4 is 11.6 Å². The first-order valence-corrected chi connectivity index (χ1v) is 6.09. The molecule has 15 heavy (non-hydrogen) atoms. The molecule has 0 saturated heterocycles. The zero-order chi connectivity index (χ0) is 10.7. The second kappa shape index (κ2) is 5.00. The molecule has 0 spiro atoms. The molecule has 82 valence electrons. The molecule has 1 aliphatic rings. The van der Waals surface area contributed by atoms with Crippen LogP contribution in [0.1, 0.15) is 30.7 Å². The summed E-state index contributed by atoms with van der Waals surface area (Å²) in [6.07, 6.45) is 4.04. The van der Waals surface area contributed by atoms with Crippen molar-refractivity contribution in [3.8, 4) is 0 Å². The minimum Gasteiger partial charge on any atom is -0.320 e. The third-order valence-corrected chi connectivity index (χ3v) is 3.45. The van der Waals surface area contributed by atoms with Gasteiger partial charge in [0.25, 0.3) is 0 Å². The summed E-state index contributed by atoms with van der Waals surface area (Å²) in [7, 11) is 2.02. The van der Waals surface area contributed by atoms with E-state index in [2.05, 4.69) is 17.4 Å². The van der Waals surface area contributed by atoms with Crippen LogP contribution < -0.4 is 5.32 Å². The molecule has 0 aliphatic heterocycles. The van der Waals surface area contributed by atoms with Crippen LogP contribution in [0, 0.1) is 5.92 Å². The Kier molecular flexibility index (Phi) is 3.66. The third-order valence-electron chi connectivity index (χ3n) is 3.19. The zero-order valence-corrected chi connectivity index (χ0v) is 9.93.